The molecule has 2 aromatic rings. The first-order valence-electron chi connectivity index (χ1n) is 8.22. The topological polar surface area (TPSA) is 72.4 Å². The van der Waals surface area contributed by atoms with Gasteiger partial charge in [-0.25, -0.2) is 13.4 Å². The third kappa shape index (κ3) is 4.87. The lowest BCUT2D eigenvalue weighted by Gasteiger charge is -2.30. The molecule has 1 fully saturated rings. The number of aryl methyl sites for hydroxylation is 1. The van der Waals surface area contributed by atoms with Crippen LogP contribution in [0.4, 0.5) is 0 Å². The largest absolute Gasteiger partial charge is 0.474 e. The first kappa shape index (κ1) is 17.6. The van der Waals surface area contributed by atoms with Crippen LogP contribution in [0.2, 0.25) is 0 Å². The van der Waals surface area contributed by atoms with Crippen LogP contribution in [0.25, 0.3) is 6.08 Å². The lowest BCUT2D eigenvalue weighted by atomic mass is 10.1. The van der Waals surface area contributed by atoms with Crippen molar-refractivity contribution in [1.82, 2.24) is 14.3 Å². The van der Waals surface area contributed by atoms with Crippen LogP contribution >= 0.6 is 0 Å². The highest BCUT2D eigenvalue weighted by atomic mass is 32.2. The Morgan fingerprint density at radius 1 is 1.16 bits per heavy atom. The molecule has 0 unspecified atom stereocenters. The summed E-state index contributed by atoms with van der Waals surface area (Å²) in [5.74, 6) is 1.20. The highest BCUT2D eigenvalue weighted by molar-refractivity contribution is 7.92. The Labute approximate surface area is 148 Å². The molecule has 2 heterocycles. The summed E-state index contributed by atoms with van der Waals surface area (Å²) in [6, 6.07) is 11.1. The fraction of sp³-hybridized carbons (Fsp3) is 0.333. The minimum absolute atomic E-state index is 0.0288. The van der Waals surface area contributed by atoms with Crippen molar-refractivity contribution in [2.24, 2.45) is 0 Å². The van der Waals surface area contributed by atoms with Crippen molar-refractivity contribution in [2.75, 3.05) is 13.1 Å². The van der Waals surface area contributed by atoms with E-state index in [2.05, 4.69) is 9.97 Å². The molecule has 0 radical (unpaired) electrons. The zero-order valence-corrected chi connectivity index (χ0v) is 14.9. The monoisotopic (exact) mass is 359 g/mol. The average molecular weight is 359 g/mol. The highest BCUT2D eigenvalue weighted by Gasteiger charge is 2.27. The molecule has 25 heavy (non-hydrogen) atoms. The maximum Gasteiger partial charge on any atom is 0.236 e. The van der Waals surface area contributed by atoms with Gasteiger partial charge in [-0.2, -0.15) is 9.29 Å². The molecule has 0 amide bonds. The maximum absolute atomic E-state index is 12.4. The van der Waals surface area contributed by atoms with E-state index in [4.69, 9.17) is 4.74 Å². The fourth-order valence-electron chi connectivity index (χ4n) is 2.69. The lowest BCUT2D eigenvalue weighted by Crippen LogP contribution is -2.41. The van der Waals surface area contributed by atoms with Gasteiger partial charge in [-0.1, -0.05) is 30.3 Å². The molecule has 0 spiro atoms. The molecule has 0 aliphatic carbocycles. The minimum Gasteiger partial charge on any atom is -0.474 e. The van der Waals surface area contributed by atoms with Gasteiger partial charge in [0.25, 0.3) is 0 Å². The molecule has 0 N–H and O–H groups in total. The summed E-state index contributed by atoms with van der Waals surface area (Å²) in [6.07, 6.45) is 4.54. The third-order valence-corrected chi connectivity index (χ3v) is 5.60. The van der Waals surface area contributed by atoms with Gasteiger partial charge < -0.3 is 4.74 Å². The molecule has 1 aromatic heterocycles. The molecule has 3 rings (SSSR count). The predicted octanol–water partition coefficient (Wildman–Crippen LogP) is 2.63. The van der Waals surface area contributed by atoms with E-state index >= 15 is 0 Å². The SMILES string of the molecule is Cc1nccc(OC2CCN(S(=O)(=O)/C=C/c3ccccc3)CC2)n1. The van der Waals surface area contributed by atoms with Crippen LogP contribution in [-0.2, 0) is 10.0 Å². The second-order valence-electron chi connectivity index (χ2n) is 5.92. The van der Waals surface area contributed by atoms with Crippen LogP contribution in [0.3, 0.4) is 0 Å². The van der Waals surface area contributed by atoms with Crippen molar-refractivity contribution < 1.29 is 13.2 Å². The predicted molar refractivity (Wildman–Crippen MR) is 96.4 cm³/mol. The third-order valence-electron chi connectivity index (χ3n) is 4.03. The standard InChI is InChI=1S/C18H21N3O3S/c1-15-19-11-7-18(20-15)24-17-8-12-21(13-9-17)25(22,23)14-10-16-5-3-2-4-6-16/h2-7,10-11,14,17H,8-9,12-13H2,1H3/b14-10+. The van der Waals surface area contributed by atoms with Crippen LogP contribution in [0.15, 0.2) is 48.0 Å². The lowest BCUT2D eigenvalue weighted by molar-refractivity contribution is 0.130. The molecule has 6 nitrogen and oxygen atoms in total. The van der Waals surface area contributed by atoms with E-state index in [1.165, 1.54) is 9.71 Å². The minimum atomic E-state index is -3.41. The van der Waals surface area contributed by atoms with Crippen LogP contribution in [0.5, 0.6) is 5.88 Å². The molecular formula is C18H21N3O3S. The van der Waals surface area contributed by atoms with Gasteiger partial charge in [0.2, 0.25) is 15.9 Å². The molecular weight excluding hydrogens is 338 g/mol. The zero-order chi connectivity index (χ0) is 17.7. The number of hydrogen-bond donors (Lipinski definition) is 0. The Hall–Kier alpha value is -2.25. The molecule has 0 saturated carbocycles. The van der Waals surface area contributed by atoms with Crippen LogP contribution in [0.1, 0.15) is 24.2 Å². The summed E-state index contributed by atoms with van der Waals surface area (Å²) < 4.78 is 32.2. The first-order chi connectivity index (χ1) is 12.0. The number of ether oxygens (including phenoxy) is 1. The molecule has 1 aromatic carbocycles. The number of piperidine rings is 1. The number of rotatable bonds is 5. The van der Waals surface area contributed by atoms with E-state index in [0.717, 1.165) is 5.56 Å². The van der Waals surface area contributed by atoms with Gasteiger partial charge in [-0.15, -0.1) is 0 Å². The van der Waals surface area contributed by atoms with Crippen molar-refractivity contribution in [1.29, 1.82) is 0 Å². The van der Waals surface area contributed by atoms with Gasteiger partial charge >= 0.3 is 0 Å². The summed E-state index contributed by atoms with van der Waals surface area (Å²) in [6.45, 7) is 2.69. The van der Waals surface area contributed by atoms with E-state index in [-0.39, 0.29) is 6.10 Å². The normalized spacial score (nSPS) is 17.0. The Bertz CT molecular complexity index is 830. The van der Waals surface area contributed by atoms with Crippen molar-refractivity contribution in [3.8, 4) is 5.88 Å². The quantitative estimate of drug-likeness (QED) is 0.821. The van der Waals surface area contributed by atoms with Gasteiger partial charge in [0.15, 0.2) is 0 Å². The molecule has 132 valence electrons. The number of aromatic nitrogens is 2. The van der Waals surface area contributed by atoms with Gasteiger partial charge in [-0.3, -0.25) is 0 Å². The van der Waals surface area contributed by atoms with Crippen molar-refractivity contribution in [3.05, 3.63) is 59.4 Å². The Balaban J connectivity index is 1.57. The molecule has 1 saturated heterocycles. The van der Waals surface area contributed by atoms with E-state index < -0.39 is 10.0 Å². The molecule has 1 aliphatic heterocycles. The zero-order valence-electron chi connectivity index (χ0n) is 14.1. The van der Waals surface area contributed by atoms with Gasteiger partial charge in [0, 0.05) is 30.8 Å². The molecule has 7 heteroatoms. The average Bonchev–Trinajstić information content (AvgIpc) is 2.62. The molecule has 1 aliphatic rings. The molecule has 0 atom stereocenters. The number of hydrogen-bond acceptors (Lipinski definition) is 5. The smallest absolute Gasteiger partial charge is 0.236 e. The Morgan fingerprint density at radius 2 is 1.88 bits per heavy atom. The van der Waals surface area contributed by atoms with Gasteiger partial charge in [0.1, 0.15) is 11.9 Å². The van der Waals surface area contributed by atoms with E-state index in [9.17, 15) is 8.42 Å². The first-order valence-corrected chi connectivity index (χ1v) is 9.73. The second-order valence-corrected chi connectivity index (χ2v) is 7.74. The van der Waals surface area contributed by atoms with Crippen molar-refractivity contribution in [3.63, 3.8) is 0 Å². The molecule has 0 bridgehead atoms. The number of benzene rings is 1. The summed E-state index contributed by atoms with van der Waals surface area (Å²) in [5.41, 5.74) is 0.864. The van der Waals surface area contributed by atoms with Gasteiger partial charge in [0.05, 0.1) is 0 Å². The fourth-order valence-corrected chi connectivity index (χ4v) is 3.91. The summed E-state index contributed by atoms with van der Waals surface area (Å²) in [4.78, 5) is 8.26. The number of nitrogens with zero attached hydrogens (tertiary/aromatic N) is 3. The van der Waals surface area contributed by atoms with Crippen LogP contribution < -0.4 is 4.74 Å². The van der Waals surface area contributed by atoms with E-state index in [1.54, 1.807) is 25.3 Å². The summed E-state index contributed by atoms with van der Waals surface area (Å²) >= 11 is 0. The van der Waals surface area contributed by atoms with E-state index in [0.29, 0.717) is 37.6 Å². The summed E-state index contributed by atoms with van der Waals surface area (Å²) in [7, 11) is -3.41. The maximum atomic E-state index is 12.4. The van der Waals surface area contributed by atoms with Crippen molar-refractivity contribution in [2.45, 2.75) is 25.9 Å². The Kier molecular flexibility index (Phi) is 5.45. The second kappa shape index (κ2) is 7.76. The highest BCUT2D eigenvalue weighted by Crippen LogP contribution is 2.20. The van der Waals surface area contributed by atoms with E-state index in [1.807, 2.05) is 30.3 Å². The summed E-state index contributed by atoms with van der Waals surface area (Å²) in [5, 5.41) is 1.28. The Morgan fingerprint density at radius 3 is 2.56 bits per heavy atom. The van der Waals surface area contributed by atoms with Gasteiger partial charge in [-0.05, 0) is 31.4 Å². The van der Waals surface area contributed by atoms with Crippen LogP contribution in [0, 0.1) is 6.92 Å². The van der Waals surface area contributed by atoms with Crippen molar-refractivity contribution >= 4 is 16.1 Å². The van der Waals surface area contributed by atoms with Crippen LogP contribution in [-0.4, -0.2) is 41.9 Å². The number of sulfonamides is 1.